The van der Waals surface area contributed by atoms with Crippen LogP contribution in [0.3, 0.4) is 0 Å². The van der Waals surface area contributed by atoms with E-state index in [1.807, 2.05) is 6.92 Å². The van der Waals surface area contributed by atoms with Crippen LogP contribution in [-0.4, -0.2) is 54.3 Å². The van der Waals surface area contributed by atoms with Gasteiger partial charge in [-0.15, -0.1) is 0 Å². The van der Waals surface area contributed by atoms with Crippen LogP contribution in [0.5, 0.6) is 0 Å². The summed E-state index contributed by atoms with van der Waals surface area (Å²) < 4.78 is 21.4. The average molecular weight is 432 g/mol. The van der Waals surface area contributed by atoms with Crippen molar-refractivity contribution in [3.63, 3.8) is 0 Å². The first-order valence-corrected chi connectivity index (χ1v) is 8.74. The van der Waals surface area contributed by atoms with Gasteiger partial charge in [-0.05, 0) is 20.8 Å². The van der Waals surface area contributed by atoms with E-state index in [-0.39, 0.29) is 31.3 Å². The highest BCUT2D eigenvalue weighted by molar-refractivity contribution is 9.10. The van der Waals surface area contributed by atoms with Gasteiger partial charge in [-0.25, -0.2) is 0 Å². The standard InChI is InChI=1S/C13H20Br2O6/c1-4-18-10(16)12(11(17)19-5-2)7-20-13(6-14,9(3)15)21-8-12/h9H,4-8H2,1-3H3. The number of carbonyl (C=O) groups is 2. The van der Waals surface area contributed by atoms with Crippen molar-refractivity contribution in [3.8, 4) is 0 Å². The molecule has 1 atom stereocenters. The maximum absolute atomic E-state index is 12.2. The van der Waals surface area contributed by atoms with Crippen LogP contribution in [-0.2, 0) is 28.5 Å². The molecule has 1 rings (SSSR count). The minimum Gasteiger partial charge on any atom is -0.465 e. The third kappa shape index (κ3) is 3.78. The van der Waals surface area contributed by atoms with Crippen LogP contribution < -0.4 is 0 Å². The molecule has 0 radical (unpaired) electrons. The SMILES string of the molecule is CCOC(=O)C1(C(=O)OCC)COC(CBr)(C(C)Br)OC1. The van der Waals surface area contributed by atoms with Gasteiger partial charge in [0.25, 0.3) is 0 Å². The zero-order valence-corrected chi connectivity index (χ0v) is 15.5. The smallest absolute Gasteiger partial charge is 0.328 e. The summed E-state index contributed by atoms with van der Waals surface area (Å²) in [7, 11) is 0. The lowest BCUT2D eigenvalue weighted by Gasteiger charge is -2.44. The van der Waals surface area contributed by atoms with Crippen LogP contribution >= 0.6 is 31.9 Å². The number of alkyl halides is 2. The Kier molecular flexibility index (Phi) is 7.09. The third-order valence-electron chi connectivity index (χ3n) is 3.25. The van der Waals surface area contributed by atoms with E-state index in [0.717, 1.165) is 0 Å². The molecule has 1 aliphatic heterocycles. The van der Waals surface area contributed by atoms with Gasteiger partial charge >= 0.3 is 11.9 Å². The lowest BCUT2D eigenvalue weighted by Crippen LogP contribution is -2.60. The van der Waals surface area contributed by atoms with Crippen LogP contribution in [0.15, 0.2) is 0 Å². The van der Waals surface area contributed by atoms with Crippen LogP contribution in [0.2, 0.25) is 0 Å². The van der Waals surface area contributed by atoms with Gasteiger partial charge in [-0.1, -0.05) is 31.9 Å². The number of esters is 2. The first-order chi connectivity index (χ1) is 9.88. The topological polar surface area (TPSA) is 71.1 Å². The fourth-order valence-corrected chi connectivity index (χ4v) is 3.51. The summed E-state index contributed by atoms with van der Waals surface area (Å²) in [5.41, 5.74) is -1.57. The molecule has 1 heterocycles. The Balaban J connectivity index is 2.98. The first-order valence-electron chi connectivity index (χ1n) is 6.71. The van der Waals surface area contributed by atoms with Crippen LogP contribution in [0, 0.1) is 5.41 Å². The molecule has 1 unspecified atom stereocenters. The molecule has 6 nitrogen and oxygen atoms in total. The molecule has 8 heteroatoms. The largest absolute Gasteiger partial charge is 0.465 e. The highest BCUT2D eigenvalue weighted by Gasteiger charge is 2.57. The Morgan fingerprint density at radius 3 is 1.86 bits per heavy atom. The van der Waals surface area contributed by atoms with Crippen molar-refractivity contribution < 1.29 is 28.5 Å². The minimum absolute atomic E-state index is 0.133. The van der Waals surface area contributed by atoms with Crippen molar-refractivity contribution in [2.75, 3.05) is 31.8 Å². The molecule has 0 saturated carbocycles. The van der Waals surface area contributed by atoms with E-state index in [9.17, 15) is 9.59 Å². The Morgan fingerprint density at radius 1 is 1.14 bits per heavy atom. The fraction of sp³-hybridized carbons (Fsp3) is 0.846. The van der Waals surface area contributed by atoms with Crippen molar-refractivity contribution in [3.05, 3.63) is 0 Å². The third-order valence-corrected chi connectivity index (χ3v) is 4.73. The molecular formula is C13H20Br2O6. The van der Waals surface area contributed by atoms with Gasteiger partial charge in [0.1, 0.15) is 0 Å². The zero-order chi connectivity index (χ0) is 16.1. The fourth-order valence-electron chi connectivity index (χ4n) is 1.84. The second kappa shape index (κ2) is 7.89. The molecular weight excluding hydrogens is 412 g/mol. The van der Waals surface area contributed by atoms with Crippen molar-refractivity contribution in [2.45, 2.75) is 31.4 Å². The normalized spacial score (nSPS) is 21.4. The van der Waals surface area contributed by atoms with Crippen molar-refractivity contribution in [1.82, 2.24) is 0 Å². The van der Waals surface area contributed by atoms with Crippen molar-refractivity contribution in [1.29, 1.82) is 0 Å². The van der Waals surface area contributed by atoms with Gasteiger partial charge in [0.05, 0.1) is 36.6 Å². The molecule has 21 heavy (non-hydrogen) atoms. The van der Waals surface area contributed by atoms with Gasteiger partial charge in [-0.3, -0.25) is 9.59 Å². The maximum Gasteiger partial charge on any atom is 0.328 e. The number of ether oxygens (including phenoxy) is 4. The Labute approximate surface area is 141 Å². The number of halogens is 2. The molecule has 0 spiro atoms. The maximum atomic E-state index is 12.2. The molecule has 0 bridgehead atoms. The Hall–Kier alpha value is -0.180. The van der Waals surface area contributed by atoms with Crippen LogP contribution in [0.4, 0.5) is 0 Å². The van der Waals surface area contributed by atoms with Gasteiger partial charge in [-0.2, -0.15) is 0 Å². The van der Waals surface area contributed by atoms with Gasteiger partial charge in [0, 0.05) is 0 Å². The van der Waals surface area contributed by atoms with E-state index < -0.39 is 23.1 Å². The molecule has 0 amide bonds. The minimum atomic E-state index is -1.57. The monoisotopic (exact) mass is 430 g/mol. The predicted molar refractivity (Wildman–Crippen MR) is 82.5 cm³/mol. The van der Waals surface area contributed by atoms with E-state index in [2.05, 4.69) is 31.9 Å². The van der Waals surface area contributed by atoms with E-state index in [4.69, 9.17) is 18.9 Å². The van der Waals surface area contributed by atoms with Gasteiger partial charge < -0.3 is 18.9 Å². The molecule has 0 N–H and O–H groups in total. The van der Waals surface area contributed by atoms with E-state index in [0.29, 0.717) is 5.33 Å². The summed E-state index contributed by atoms with van der Waals surface area (Å²) >= 11 is 6.74. The van der Waals surface area contributed by atoms with Gasteiger partial charge in [0.2, 0.25) is 5.41 Å². The number of carbonyl (C=O) groups excluding carboxylic acids is 2. The Morgan fingerprint density at radius 2 is 1.57 bits per heavy atom. The number of rotatable bonds is 6. The van der Waals surface area contributed by atoms with Crippen LogP contribution in [0.25, 0.3) is 0 Å². The summed E-state index contributed by atoms with van der Waals surface area (Å²) in [6.45, 7) is 5.24. The molecule has 1 fully saturated rings. The van der Waals surface area contributed by atoms with Gasteiger partial charge in [0.15, 0.2) is 5.79 Å². The molecule has 0 aliphatic carbocycles. The molecule has 1 aliphatic rings. The molecule has 0 aromatic heterocycles. The highest BCUT2D eigenvalue weighted by atomic mass is 79.9. The number of hydrogen-bond acceptors (Lipinski definition) is 6. The van der Waals surface area contributed by atoms with E-state index >= 15 is 0 Å². The predicted octanol–water partition coefficient (Wildman–Crippen LogP) is 2.02. The molecule has 0 aromatic carbocycles. The van der Waals surface area contributed by atoms with Crippen molar-refractivity contribution >= 4 is 43.8 Å². The second-order valence-electron chi connectivity index (χ2n) is 4.66. The molecule has 0 aromatic rings. The van der Waals surface area contributed by atoms with E-state index in [1.54, 1.807) is 13.8 Å². The van der Waals surface area contributed by atoms with Crippen LogP contribution in [0.1, 0.15) is 20.8 Å². The van der Waals surface area contributed by atoms with E-state index in [1.165, 1.54) is 0 Å². The Bertz CT molecular complexity index is 357. The average Bonchev–Trinajstić information content (AvgIpc) is 2.47. The lowest BCUT2D eigenvalue weighted by atomic mass is 9.88. The summed E-state index contributed by atoms with van der Waals surface area (Å²) in [5, 5.41) is 0.397. The summed E-state index contributed by atoms with van der Waals surface area (Å²) in [6, 6.07) is 0. The quantitative estimate of drug-likeness (QED) is 0.364. The lowest BCUT2D eigenvalue weighted by molar-refractivity contribution is -0.286. The summed E-state index contributed by atoms with van der Waals surface area (Å²) in [6.07, 6.45) is 0. The first kappa shape index (κ1) is 18.9. The van der Waals surface area contributed by atoms with Crippen molar-refractivity contribution in [2.24, 2.45) is 5.41 Å². The number of hydrogen-bond donors (Lipinski definition) is 0. The second-order valence-corrected chi connectivity index (χ2v) is 6.60. The highest BCUT2D eigenvalue weighted by Crippen LogP contribution is 2.37. The molecule has 1 saturated heterocycles. The summed E-state index contributed by atoms with van der Waals surface area (Å²) in [4.78, 5) is 24.3. The molecule has 122 valence electrons. The zero-order valence-electron chi connectivity index (χ0n) is 12.3. The summed E-state index contributed by atoms with van der Waals surface area (Å²) in [5.74, 6) is -2.31.